The summed E-state index contributed by atoms with van der Waals surface area (Å²) < 4.78 is 1.95. The van der Waals surface area contributed by atoms with E-state index in [2.05, 4.69) is 58.6 Å². The number of aryl methyl sites for hydroxylation is 1. The standard InChI is InChI=1S/C18H22N4S/c1-14-13-23-18(20-14)15(2)21(3)11-16-6-4-7-17(10-16)12-22-9-5-8-19-22/h4-10,13,15H,11-12H2,1-3H3/t15-/m1/s1. The molecule has 120 valence electrons. The van der Waals surface area contributed by atoms with E-state index in [1.807, 2.05) is 30.1 Å². The summed E-state index contributed by atoms with van der Waals surface area (Å²) >= 11 is 1.74. The maximum atomic E-state index is 4.61. The van der Waals surface area contributed by atoms with Gasteiger partial charge in [-0.15, -0.1) is 11.3 Å². The Labute approximate surface area is 141 Å². The van der Waals surface area contributed by atoms with E-state index in [1.165, 1.54) is 16.1 Å². The van der Waals surface area contributed by atoms with Gasteiger partial charge in [0.15, 0.2) is 0 Å². The second-order valence-corrected chi connectivity index (χ2v) is 6.83. The van der Waals surface area contributed by atoms with E-state index in [-0.39, 0.29) is 0 Å². The van der Waals surface area contributed by atoms with Gasteiger partial charge in [-0.05, 0) is 38.1 Å². The monoisotopic (exact) mass is 326 g/mol. The average Bonchev–Trinajstić information content (AvgIpc) is 3.18. The van der Waals surface area contributed by atoms with Gasteiger partial charge >= 0.3 is 0 Å². The maximum Gasteiger partial charge on any atom is 0.110 e. The molecule has 2 aromatic heterocycles. The average molecular weight is 326 g/mol. The summed E-state index contributed by atoms with van der Waals surface area (Å²) in [6.45, 7) is 5.98. The molecule has 1 atom stereocenters. The van der Waals surface area contributed by atoms with Crippen molar-refractivity contribution in [2.24, 2.45) is 0 Å². The zero-order valence-electron chi connectivity index (χ0n) is 13.8. The topological polar surface area (TPSA) is 34.0 Å². The molecule has 1 aromatic carbocycles. The molecule has 0 fully saturated rings. The van der Waals surface area contributed by atoms with Crippen LogP contribution in [0.5, 0.6) is 0 Å². The van der Waals surface area contributed by atoms with Crippen LogP contribution in [0.3, 0.4) is 0 Å². The molecule has 0 aliphatic heterocycles. The number of rotatable bonds is 6. The molecule has 23 heavy (non-hydrogen) atoms. The van der Waals surface area contributed by atoms with Gasteiger partial charge in [-0.25, -0.2) is 4.98 Å². The predicted octanol–water partition coefficient (Wildman–Crippen LogP) is 3.89. The molecule has 0 amide bonds. The van der Waals surface area contributed by atoms with Gasteiger partial charge in [0.1, 0.15) is 5.01 Å². The van der Waals surface area contributed by atoms with E-state index in [4.69, 9.17) is 0 Å². The third kappa shape index (κ3) is 4.06. The van der Waals surface area contributed by atoms with E-state index in [9.17, 15) is 0 Å². The molecule has 3 aromatic rings. The molecular weight excluding hydrogens is 304 g/mol. The van der Waals surface area contributed by atoms with Crippen molar-refractivity contribution in [2.75, 3.05) is 7.05 Å². The molecule has 0 saturated heterocycles. The Kier molecular flexibility index (Phi) is 4.88. The van der Waals surface area contributed by atoms with Crippen molar-refractivity contribution in [3.8, 4) is 0 Å². The Hall–Kier alpha value is -1.98. The summed E-state index contributed by atoms with van der Waals surface area (Å²) in [5, 5.41) is 7.57. The van der Waals surface area contributed by atoms with Gasteiger partial charge in [-0.3, -0.25) is 9.58 Å². The van der Waals surface area contributed by atoms with Crippen LogP contribution in [0.15, 0.2) is 48.1 Å². The van der Waals surface area contributed by atoms with Gasteiger partial charge in [0, 0.05) is 30.0 Å². The van der Waals surface area contributed by atoms with Crippen LogP contribution in [-0.4, -0.2) is 26.7 Å². The second kappa shape index (κ2) is 7.06. The highest BCUT2D eigenvalue weighted by molar-refractivity contribution is 7.09. The van der Waals surface area contributed by atoms with Crippen LogP contribution in [0.25, 0.3) is 0 Å². The van der Waals surface area contributed by atoms with Gasteiger partial charge in [-0.1, -0.05) is 24.3 Å². The summed E-state index contributed by atoms with van der Waals surface area (Å²) in [7, 11) is 2.15. The first-order valence-electron chi connectivity index (χ1n) is 7.79. The van der Waals surface area contributed by atoms with E-state index in [1.54, 1.807) is 11.3 Å². The van der Waals surface area contributed by atoms with Crippen LogP contribution in [0.2, 0.25) is 0 Å². The number of thiazole rings is 1. The van der Waals surface area contributed by atoms with Crippen molar-refractivity contribution in [1.29, 1.82) is 0 Å². The summed E-state index contributed by atoms with van der Waals surface area (Å²) in [4.78, 5) is 6.94. The summed E-state index contributed by atoms with van der Waals surface area (Å²) in [6, 6.07) is 11.0. The lowest BCUT2D eigenvalue weighted by Crippen LogP contribution is -2.22. The third-order valence-corrected chi connectivity index (χ3v) is 5.12. The lowest BCUT2D eigenvalue weighted by Gasteiger charge is -2.23. The first-order chi connectivity index (χ1) is 11.1. The molecule has 0 spiro atoms. The van der Waals surface area contributed by atoms with E-state index in [0.717, 1.165) is 18.8 Å². The molecule has 5 heteroatoms. The summed E-state index contributed by atoms with van der Waals surface area (Å²) in [6.07, 6.45) is 3.81. The van der Waals surface area contributed by atoms with Crippen molar-refractivity contribution in [3.05, 3.63) is 69.9 Å². The minimum absolute atomic E-state index is 0.323. The third-order valence-electron chi connectivity index (χ3n) is 3.98. The highest BCUT2D eigenvalue weighted by Crippen LogP contribution is 2.24. The maximum absolute atomic E-state index is 4.61. The quantitative estimate of drug-likeness (QED) is 0.689. The van der Waals surface area contributed by atoms with Crippen LogP contribution in [-0.2, 0) is 13.1 Å². The van der Waals surface area contributed by atoms with Gasteiger partial charge in [0.2, 0.25) is 0 Å². The second-order valence-electron chi connectivity index (χ2n) is 5.94. The van der Waals surface area contributed by atoms with Gasteiger partial charge in [0.05, 0.1) is 12.6 Å². The van der Waals surface area contributed by atoms with Crippen molar-refractivity contribution in [2.45, 2.75) is 33.0 Å². The van der Waals surface area contributed by atoms with Crippen molar-refractivity contribution in [3.63, 3.8) is 0 Å². The molecule has 0 aliphatic rings. The summed E-state index contributed by atoms with van der Waals surface area (Å²) in [5.41, 5.74) is 3.70. The van der Waals surface area contributed by atoms with Crippen LogP contribution in [0.1, 0.15) is 34.8 Å². The predicted molar refractivity (Wildman–Crippen MR) is 94.5 cm³/mol. The molecule has 0 aliphatic carbocycles. The fraction of sp³-hybridized carbons (Fsp3) is 0.333. The molecule has 2 heterocycles. The molecule has 4 nitrogen and oxygen atoms in total. The van der Waals surface area contributed by atoms with E-state index in [0.29, 0.717) is 6.04 Å². The van der Waals surface area contributed by atoms with Crippen molar-refractivity contribution in [1.82, 2.24) is 19.7 Å². The number of hydrogen-bond donors (Lipinski definition) is 0. The largest absolute Gasteiger partial charge is 0.293 e. The zero-order valence-corrected chi connectivity index (χ0v) is 14.6. The molecule has 0 bridgehead atoms. The molecule has 0 unspecified atom stereocenters. The van der Waals surface area contributed by atoms with Crippen LogP contribution >= 0.6 is 11.3 Å². The van der Waals surface area contributed by atoms with Crippen LogP contribution < -0.4 is 0 Å². The van der Waals surface area contributed by atoms with Gasteiger partial charge < -0.3 is 0 Å². The first kappa shape index (κ1) is 15.9. The Morgan fingerprint density at radius 3 is 2.78 bits per heavy atom. The fourth-order valence-electron chi connectivity index (χ4n) is 2.58. The Balaban J connectivity index is 1.67. The van der Waals surface area contributed by atoms with Crippen molar-refractivity contribution < 1.29 is 0 Å². The number of nitrogens with zero attached hydrogens (tertiary/aromatic N) is 4. The lowest BCUT2D eigenvalue weighted by atomic mass is 10.1. The SMILES string of the molecule is Cc1csc([C@@H](C)N(C)Cc2cccc(Cn3cccn3)c2)n1. The molecule has 0 N–H and O–H groups in total. The highest BCUT2D eigenvalue weighted by atomic mass is 32.1. The number of hydrogen-bond acceptors (Lipinski definition) is 4. The number of benzene rings is 1. The van der Waals surface area contributed by atoms with E-state index >= 15 is 0 Å². The van der Waals surface area contributed by atoms with Gasteiger partial charge in [-0.2, -0.15) is 5.10 Å². The minimum Gasteiger partial charge on any atom is -0.293 e. The Morgan fingerprint density at radius 1 is 1.26 bits per heavy atom. The fourth-order valence-corrected chi connectivity index (χ4v) is 3.50. The molecule has 0 radical (unpaired) electrons. The molecule has 0 saturated carbocycles. The van der Waals surface area contributed by atoms with Crippen molar-refractivity contribution >= 4 is 11.3 Å². The highest BCUT2D eigenvalue weighted by Gasteiger charge is 2.15. The van der Waals surface area contributed by atoms with Crippen LogP contribution in [0, 0.1) is 6.92 Å². The lowest BCUT2D eigenvalue weighted by molar-refractivity contribution is 0.252. The Morgan fingerprint density at radius 2 is 2.09 bits per heavy atom. The van der Waals surface area contributed by atoms with E-state index < -0.39 is 0 Å². The number of aromatic nitrogens is 3. The smallest absolute Gasteiger partial charge is 0.110 e. The van der Waals surface area contributed by atoms with Crippen LogP contribution in [0.4, 0.5) is 0 Å². The first-order valence-corrected chi connectivity index (χ1v) is 8.67. The zero-order chi connectivity index (χ0) is 16.2. The van der Waals surface area contributed by atoms with Gasteiger partial charge in [0.25, 0.3) is 0 Å². The molecular formula is C18H22N4S. The minimum atomic E-state index is 0.323. The molecule has 3 rings (SSSR count). The Bertz CT molecular complexity index is 748. The summed E-state index contributed by atoms with van der Waals surface area (Å²) in [5.74, 6) is 0. The normalized spacial score (nSPS) is 12.7.